The number of benzene rings is 2. The highest BCUT2D eigenvalue weighted by Gasteiger charge is 2.14. The number of hydrazone groups is 1. The van der Waals surface area contributed by atoms with E-state index in [1.807, 2.05) is 71.0 Å². The maximum atomic E-state index is 12.1. The predicted octanol–water partition coefficient (Wildman–Crippen LogP) is 4.76. The van der Waals surface area contributed by atoms with Crippen LogP contribution < -0.4 is 10.7 Å². The first-order chi connectivity index (χ1) is 14.7. The number of halogens is 1. The van der Waals surface area contributed by atoms with Crippen LogP contribution in [0.2, 0.25) is 5.02 Å². The lowest BCUT2D eigenvalue weighted by Gasteiger charge is -2.13. The highest BCUT2D eigenvalue weighted by atomic mass is 35.5. The van der Waals surface area contributed by atoms with Crippen molar-refractivity contribution < 1.29 is 9.59 Å². The average molecular weight is 437 g/mol. The SMILES string of the molecule is Cc1ccc(NC(=O)C(=O)N/N=C\c2cc(C)n(-c3cc(Cl)ccc3C)c2C)cc1C. The summed E-state index contributed by atoms with van der Waals surface area (Å²) in [5.41, 5.74) is 9.83. The number of rotatable bonds is 4. The Morgan fingerprint density at radius 2 is 1.61 bits per heavy atom. The van der Waals surface area contributed by atoms with Gasteiger partial charge in [0.15, 0.2) is 0 Å². The normalized spacial score (nSPS) is 11.0. The first-order valence-corrected chi connectivity index (χ1v) is 10.2. The summed E-state index contributed by atoms with van der Waals surface area (Å²) in [6.45, 7) is 9.89. The van der Waals surface area contributed by atoms with Gasteiger partial charge in [-0.2, -0.15) is 5.10 Å². The third kappa shape index (κ3) is 5.03. The average Bonchev–Trinajstić information content (AvgIpc) is 2.99. The van der Waals surface area contributed by atoms with Gasteiger partial charge in [0.2, 0.25) is 0 Å². The van der Waals surface area contributed by atoms with E-state index in [0.717, 1.165) is 39.3 Å². The molecule has 31 heavy (non-hydrogen) atoms. The molecule has 0 fully saturated rings. The van der Waals surface area contributed by atoms with Crippen LogP contribution in [0.4, 0.5) is 5.69 Å². The highest BCUT2D eigenvalue weighted by Crippen LogP contribution is 2.25. The Morgan fingerprint density at radius 1 is 0.903 bits per heavy atom. The highest BCUT2D eigenvalue weighted by molar-refractivity contribution is 6.39. The molecule has 0 radical (unpaired) electrons. The number of aromatic nitrogens is 1. The number of anilines is 1. The Morgan fingerprint density at radius 3 is 2.32 bits per heavy atom. The molecule has 0 unspecified atom stereocenters. The summed E-state index contributed by atoms with van der Waals surface area (Å²) in [4.78, 5) is 24.2. The monoisotopic (exact) mass is 436 g/mol. The topological polar surface area (TPSA) is 75.5 Å². The van der Waals surface area contributed by atoms with Crippen LogP contribution in [0.1, 0.15) is 33.6 Å². The van der Waals surface area contributed by atoms with Crippen molar-refractivity contribution in [3.63, 3.8) is 0 Å². The fraction of sp³-hybridized carbons (Fsp3) is 0.208. The molecule has 160 valence electrons. The van der Waals surface area contributed by atoms with Gasteiger partial charge in [0, 0.05) is 33.3 Å². The molecule has 0 saturated heterocycles. The summed E-state index contributed by atoms with van der Waals surface area (Å²) in [5, 5.41) is 7.19. The molecule has 1 aromatic heterocycles. The Kier molecular flexibility index (Phi) is 6.61. The van der Waals surface area contributed by atoms with Crippen LogP contribution in [0.15, 0.2) is 47.6 Å². The molecular weight excluding hydrogens is 412 g/mol. The summed E-state index contributed by atoms with van der Waals surface area (Å²) < 4.78 is 2.08. The summed E-state index contributed by atoms with van der Waals surface area (Å²) in [6, 6.07) is 13.2. The van der Waals surface area contributed by atoms with Crippen molar-refractivity contribution in [1.82, 2.24) is 9.99 Å². The van der Waals surface area contributed by atoms with Gasteiger partial charge < -0.3 is 9.88 Å². The second-order valence-corrected chi connectivity index (χ2v) is 7.98. The number of nitrogens with zero attached hydrogens (tertiary/aromatic N) is 2. The zero-order chi connectivity index (χ0) is 22.7. The molecule has 3 rings (SSSR count). The smallest absolute Gasteiger partial charge is 0.318 e. The molecule has 3 aromatic rings. The lowest BCUT2D eigenvalue weighted by molar-refractivity contribution is -0.136. The van der Waals surface area contributed by atoms with Gasteiger partial charge >= 0.3 is 11.8 Å². The maximum absolute atomic E-state index is 12.1. The zero-order valence-electron chi connectivity index (χ0n) is 18.2. The number of nitrogens with one attached hydrogen (secondary N) is 2. The minimum atomic E-state index is -0.839. The molecule has 0 aliphatic rings. The predicted molar refractivity (Wildman–Crippen MR) is 125 cm³/mol. The van der Waals surface area contributed by atoms with Gasteiger partial charge in [-0.05, 0) is 81.6 Å². The number of amides is 2. The third-order valence-electron chi connectivity index (χ3n) is 5.22. The second-order valence-electron chi connectivity index (χ2n) is 7.54. The molecule has 0 saturated carbocycles. The van der Waals surface area contributed by atoms with Crippen molar-refractivity contribution >= 4 is 35.3 Å². The van der Waals surface area contributed by atoms with E-state index >= 15 is 0 Å². The summed E-state index contributed by atoms with van der Waals surface area (Å²) in [7, 11) is 0. The van der Waals surface area contributed by atoms with E-state index < -0.39 is 11.8 Å². The summed E-state index contributed by atoms with van der Waals surface area (Å²) >= 11 is 6.18. The van der Waals surface area contributed by atoms with Crippen molar-refractivity contribution in [2.45, 2.75) is 34.6 Å². The largest absolute Gasteiger partial charge is 0.329 e. The Hall–Kier alpha value is -3.38. The number of hydrogen-bond donors (Lipinski definition) is 2. The van der Waals surface area contributed by atoms with E-state index in [-0.39, 0.29) is 0 Å². The number of carbonyl (C=O) groups excluding carboxylic acids is 2. The van der Waals surface area contributed by atoms with Crippen LogP contribution in [0.3, 0.4) is 0 Å². The van der Waals surface area contributed by atoms with Crippen molar-refractivity contribution in [3.8, 4) is 5.69 Å². The quantitative estimate of drug-likeness (QED) is 0.351. The van der Waals surface area contributed by atoms with E-state index in [2.05, 4.69) is 20.4 Å². The van der Waals surface area contributed by atoms with Crippen LogP contribution >= 0.6 is 11.6 Å². The van der Waals surface area contributed by atoms with Crippen LogP contribution in [0, 0.1) is 34.6 Å². The molecule has 0 aliphatic carbocycles. The van der Waals surface area contributed by atoms with Gasteiger partial charge in [-0.3, -0.25) is 9.59 Å². The number of hydrogen-bond acceptors (Lipinski definition) is 3. The van der Waals surface area contributed by atoms with Crippen LogP contribution in [0.25, 0.3) is 5.69 Å². The lowest BCUT2D eigenvalue weighted by atomic mass is 10.1. The Balaban J connectivity index is 1.71. The van der Waals surface area contributed by atoms with Gasteiger partial charge in [0.1, 0.15) is 0 Å². The van der Waals surface area contributed by atoms with Crippen LogP contribution in [0.5, 0.6) is 0 Å². The maximum Gasteiger partial charge on any atom is 0.329 e. The Bertz CT molecular complexity index is 1190. The Labute approximate surface area is 186 Å². The first kappa shape index (κ1) is 22.3. The molecule has 6 nitrogen and oxygen atoms in total. The van der Waals surface area contributed by atoms with E-state index in [0.29, 0.717) is 10.7 Å². The molecule has 7 heteroatoms. The van der Waals surface area contributed by atoms with E-state index in [4.69, 9.17) is 11.6 Å². The van der Waals surface area contributed by atoms with E-state index in [1.54, 1.807) is 6.07 Å². The summed E-state index contributed by atoms with van der Waals surface area (Å²) in [6.07, 6.45) is 1.53. The number of aryl methyl sites for hydroxylation is 4. The molecule has 0 atom stereocenters. The van der Waals surface area contributed by atoms with Crippen molar-refractivity contribution in [1.29, 1.82) is 0 Å². The fourth-order valence-corrected chi connectivity index (χ4v) is 3.50. The van der Waals surface area contributed by atoms with Crippen molar-refractivity contribution in [2.24, 2.45) is 5.10 Å². The standard InChI is InChI=1S/C24H25ClN4O2/c1-14-7-9-21(10-16(14)3)27-23(30)24(31)28-26-13-19-11-17(4)29(18(19)5)22-12-20(25)8-6-15(22)2/h6-13H,1-5H3,(H,27,30)(H,28,31)/b26-13-. The van der Waals surface area contributed by atoms with Gasteiger partial charge in [-0.1, -0.05) is 23.7 Å². The fourth-order valence-electron chi connectivity index (χ4n) is 3.33. The van der Waals surface area contributed by atoms with Crippen LogP contribution in [-0.4, -0.2) is 22.6 Å². The van der Waals surface area contributed by atoms with Crippen molar-refractivity contribution in [3.05, 3.63) is 81.1 Å². The lowest BCUT2D eigenvalue weighted by Crippen LogP contribution is -2.32. The van der Waals surface area contributed by atoms with Gasteiger partial charge in [-0.15, -0.1) is 0 Å². The summed E-state index contributed by atoms with van der Waals surface area (Å²) in [5.74, 6) is -1.62. The molecule has 1 heterocycles. The molecule has 0 aliphatic heterocycles. The minimum Gasteiger partial charge on any atom is -0.318 e. The molecule has 0 spiro atoms. The van der Waals surface area contributed by atoms with Gasteiger partial charge in [0.25, 0.3) is 0 Å². The molecule has 2 N–H and O–H groups in total. The minimum absolute atomic E-state index is 0.563. The zero-order valence-corrected chi connectivity index (χ0v) is 19.0. The molecule has 2 amide bonds. The van der Waals surface area contributed by atoms with E-state index in [9.17, 15) is 9.59 Å². The molecule has 0 bridgehead atoms. The molecule has 2 aromatic carbocycles. The molecular formula is C24H25ClN4O2. The third-order valence-corrected chi connectivity index (χ3v) is 5.46. The van der Waals surface area contributed by atoms with Gasteiger partial charge in [0.05, 0.1) is 6.21 Å². The van der Waals surface area contributed by atoms with Gasteiger partial charge in [-0.25, -0.2) is 5.43 Å². The number of carbonyl (C=O) groups is 2. The van der Waals surface area contributed by atoms with Crippen molar-refractivity contribution in [2.75, 3.05) is 5.32 Å². The van der Waals surface area contributed by atoms with Crippen LogP contribution in [-0.2, 0) is 9.59 Å². The second kappa shape index (κ2) is 9.18. The van der Waals surface area contributed by atoms with E-state index in [1.165, 1.54) is 6.21 Å². The first-order valence-electron chi connectivity index (χ1n) is 9.84.